The third kappa shape index (κ3) is 5.36. The number of nitrogens with one attached hydrogen (secondary N) is 1. The van der Waals surface area contributed by atoms with Gasteiger partial charge < -0.3 is 5.32 Å². The van der Waals surface area contributed by atoms with Crippen molar-refractivity contribution in [3.05, 3.63) is 47.9 Å². The van der Waals surface area contributed by atoms with Crippen molar-refractivity contribution in [3.63, 3.8) is 0 Å². The van der Waals surface area contributed by atoms with Crippen molar-refractivity contribution in [2.24, 2.45) is 0 Å². The van der Waals surface area contributed by atoms with Gasteiger partial charge in [-0.3, -0.25) is 4.79 Å². The van der Waals surface area contributed by atoms with E-state index in [0.29, 0.717) is 10.8 Å². The number of thiazole rings is 1. The monoisotopic (exact) mass is 416 g/mol. The second-order valence-corrected chi connectivity index (χ2v) is 9.28. The van der Waals surface area contributed by atoms with Crippen LogP contribution in [-0.2, 0) is 4.79 Å². The fourth-order valence-corrected chi connectivity index (χ4v) is 4.11. The van der Waals surface area contributed by atoms with E-state index in [2.05, 4.69) is 20.5 Å². The highest BCUT2D eigenvalue weighted by Gasteiger charge is 2.15. The summed E-state index contributed by atoms with van der Waals surface area (Å²) in [6, 6.07) is 10.0. The summed E-state index contributed by atoms with van der Waals surface area (Å²) in [6.07, 6.45) is 0. The number of hydrogen-bond donors (Lipinski definition) is 1. The molecule has 0 atom stereocenters. The Labute approximate surface area is 171 Å². The second-order valence-electron chi connectivity index (χ2n) is 7.28. The number of amides is 1. The van der Waals surface area contributed by atoms with Crippen molar-refractivity contribution >= 4 is 29.0 Å². The molecule has 3 rings (SSSR count). The van der Waals surface area contributed by atoms with Gasteiger partial charge in [0.2, 0.25) is 5.91 Å². The first kappa shape index (κ1) is 20.4. The zero-order valence-corrected chi connectivity index (χ0v) is 17.7. The molecule has 0 aliphatic rings. The van der Waals surface area contributed by atoms with Gasteiger partial charge in [-0.15, -0.1) is 21.5 Å². The molecule has 1 aromatic carbocycles. The van der Waals surface area contributed by atoms with Gasteiger partial charge in [-0.05, 0) is 64.1 Å². The van der Waals surface area contributed by atoms with Crippen molar-refractivity contribution in [2.45, 2.75) is 38.3 Å². The van der Waals surface area contributed by atoms with E-state index >= 15 is 0 Å². The average molecular weight is 417 g/mol. The lowest BCUT2D eigenvalue weighted by Crippen LogP contribution is -2.41. The minimum absolute atomic E-state index is 0.0365. The normalized spacial score (nSPS) is 11.5. The number of thioether (sulfide) groups is 1. The Hall–Kier alpha value is -2.32. The molecule has 0 saturated carbocycles. The summed E-state index contributed by atoms with van der Waals surface area (Å²) in [7, 11) is 0. The SMILES string of the molecule is Cc1nc(-c2ccc(F)cc2)sc1-c1ccc(SCC(=O)NC(C)(C)C)nn1. The molecule has 0 bridgehead atoms. The molecule has 1 N–H and O–H groups in total. The zero-order valence-electron chi connectivity index (χ0n) is 16.1. The van der Waals surface area contributed by atoms with Gasteiger partial charge in [-0.1, -0.05) is 11.8 Å². The molecule has 0 radical (unpaired) electrons. The van der Waals surface area contributed by atoms with Crippen LogP contribution in [0.5, 0.6) is 0 Å². The Morgan fingerprint density at radius 1 is 1.14 bits per heavy atom. The molecule has 0 spiro atoms. The number of benzene rings is 1. The minimum Gasteiger partial charge on any atom is -0.351 e. The maximum Gasteiger partial charge on any atom is 0.230 e. The van der Waals surface area contributed by atoms with E-state index in [1.54, 1.807) is 12.1 Å². The van der Waals surface area contributed by atoms with Crippen LogP contribution in [0.3, 0.4) is 0 Å². The van der Waals surface area contributed by atoms with Crippen LogP contribution in [0.1, 0.15) is 26.5 Å². The predicted molar refractivity (Wildman–Crippen MR) is 112 cm³/mol. The Morgan fingerprint density at radius 3 is 2.46 bits per heavy atom. The lowest BCUT2D eigenvalue weighted by molar-refractivity contribution is -0.119. The summed E-state index contributed by atoms with van der Waals surface area (Å²) in [4.78, 5) is 17.4. The van der Waals surface area contributed by atoms with Crippen LogP contribution in [0.2, 0.25) is 0 Å². The van der Waals surface area contributed by atoms with E-state index in [1.165, 1.54) is 35.2 Å². The molecule has 0 fully saturated rings. The molecule has 1 amide bonds. The van der Waals surface area contributed by atoms with Gasteiger partial charge in [0.1, 0.15) is 21.5 Å². The fourth-order valence-electron chi connectivity index (χ4n) is 2.46. The van der Waals surface area contributed by atoms with E-state index in [9.17, 15) is 9.18 Å². The van der Waals surface area contributed by atoms with Gasteiger partial charge in [-0.2, -0.15) is 0 Å². The number of carbonyl (C=O) groups is 1. The Kier molecular flexibility index (Phi) is 6.10. The quantitative estimate of drug-likeness (QED) is 0.610. The van der Waals surface area contributed by atoms with E-state index in [4.69, 9.17) is 0 Å². The molecule has 2 aromatic heterocycles. The molecule has 0 aliphatic heterocycles. The van der Waals surface area contributed by atoms with Crippen LogP contribution in [0.15, 0.2) is 41.4 Å². The van der Waals surface area contributed by atoms with Crippen molar-refractivity contribution < 1.29 is 9.18 Å². The first-order chi connectivity index (χ1) is 13.2. The van der Waals surface area contributed by atoms with Crippen LogP contribution in [0.4, 0.5) is 4.39 Å². The summed E-state index contributed by atoms with van der Waals surface area (Å²) < 4.78 is 13.1. The van der Waals surface area contributed by atoms with E-state index < -0.39 is 0 Å². The maximum atomic E-state index is 13.1. The number of hydrogen-bond acceptors (Lipinski definition) is 6. The number of nitrogens with zero attached hydrogens (tertiary/aromatic N) is 3. The van der Waals surface area contributed by atoms with Crippen molar-refractivity contribution in [3.8, 4) is 21.1 Å². The molecule has 3 aromatic rings. The van der Waals surface area contributed by atoms with Crippen molar-refractivity contribution in [2.75, 3.05) is 5.75 Å². The molecule has 0 aliphatic carbocycles. The molecule has 0 unspecified atom stereocenters. The summed E-state index contributed by atoms with van der Waals surface area (Å²) in [5.41, 5.74) is 2.19. The lowest BCUT2D eigenvalue weighted by atomic mass is 10.1. The third-order valence-electron chi connectivity index (χ3n) is 3.63. The summed E-state index contributed by atoms with van der Waals surface area (Å²) >= 11 is 2.84. The molecule has 146 valence electrons. The maximum absolute atomic E-state index is 13.1. The van der Waals surface area contributed by atoms with Crippen molar-refractivity contribution in [1.29, 1.82) is 0 Å². The topological polar surface area (TPSA) is 67.8 Å². The van der Waals surface area contributed by atoms with Crippen LogP contribution in [-0.4, -0.2) is 32.4 Å². The van der Waals surface area contributed by atoms with Gasteiger partial charge in [0.05, 0.1) is 16.3 Å². The average Bonchev–Trinajstić information content (AvgIpc) is 3.01. The number of aromatic nitrogens is 3. The molecule has 5 nitrogen and oxygen atoms in total. The van der Waals surface area contributed by atoms with Crippen LogP contribution in [0, 0.1) is 12.7 Å². The standard InChI is InChI=1S/C20H21FN4OS2/c1-12-18(28-19(22-12)13-5-7-14(21)8-6-13)15-9-10-17(25-24-15)27-11-16(26)23-20(2,3)4/h5-10H,11H2,1-4H3,(H,23,26). The van der Waals surface area contributed by atoms with Crippen LogP contribution >= 0.6 is 23.1 Å². The number of carbonyl (C=O) groups excluding carboxylic acids is 1. The predicted octanol–water partition coefficient (Wildman–Crippen LogP) is 4.72. The number of rotatable bonds is 5. The molecule has 0 saturated heterocycles. The van der Waals surface area contributed by atoms with Gasteiger partial charge >= 0.3 is 0 Å². The van der Waals surface area contributed by atoms with Gasteiger partial charge in [0.25, 0.3) is 0 Å². The van der Waals surface area contributed by atoms with Gasteiger partial charge in [0, 0.05) is 11.1 Å². The third-order valence-corrected chi connectivity index (χ3v) is 5.78. The lowest BCUT2D eigenvalue weighted by Gasteiger charge is -2.20. The highest BCUT2D eigenvalue weighted by molar-refractivity contribution is 7.99. The molecule has 8 heteroatoms. The second kappa shape index (κ2) is 8.36. The number of halogens is 1. The molecule has 28 heavy (non-hydrogen) atoms. The first-order valence-electron chi connectivity index (χ1n) is 8.72. The Bertz CT molecular complexity index is 963. The molecule has 2 heterocycles. The number of aryl methyl sites for hydroxylation is 1. The van der Waals surface area contributed by atoms with Crippen molar-refractivity contribution in [1.82, 2.24) is 20.5 Å². The smallest absolute Gasteiger partial charge is 0.230 e. The molecular weight excluding hydrogens is 395 g/mol. The summed E-state index contributed by atoms with van der Waals surface area (Å²) in [6.45, 7) is 7.76. The fraction of sp³-hybridized carbons (Fsp3) is 0.300. The van der Waals surface area contributed by atoms with Crippen LogP contribution in [0.25, 0.3) is 21.1 Å². The van der Waals surface area contributed by atoms with E-state index in [0.717, 1.165) is 26.8 Å². The van der Waals surface area contributed by atoms with E-state index in [1.807, 2.05) is 39.8 Å². The van der Waals surface area contributed by atoms with Gasteiger partial charge in [0.15, 0.2) is 0 Å². The summed E-state index contributed by atoms with van der Waals surface area (Å²) in [5.74, 6) is -0.0161. The zero-order chi connectivity index (χ0) is 20.3. The first-order valence-corrected chi connectivity index (χ1v) is 10.5. The Morgan fingerprint density at radius 2 is 1.86 bits per heavy atom. The largest absolute Gasteiger partial charge is 0.351 e. The summed E-state index contributed by atoms with van der Waals surface area (Å²) in [5, 5.41) is 12.9. The van der Waals surface area contributed by atoms with E-state index in [-0.39, 0.29) is 17.3 Å². The minimum atomic E-state index is -0.271. The Balaban J connectivity index is 1.70. The highest BCUT2D eigenvalue weighted by atomic mass is 32.2. The molecular formula is C20H21FN4OS2. The highest BCUT2D eigenvalue weighted by Crippen LogP contribution is 2.34. The van der Waals surface area contributed by atoms with Crippen LogP contribution < -0.4 is 5.32 Å². The van der Waals surface area contributed by atoms with Gasteiger partial charge in [-0.25, -0.2) is 9.37 Å².